The molecule has 1 amide bonds. The van der Waals surface area contributed by atoms with Gasteiger partial charge >= 0.3 is 5.97 Å². The minimum atomic E-state index is -0.357. The molecule has 0 unspecified atom stereocenters. The number of carbonyl (C=O) groups is 2. The van der Waals surface area contributed by atoms with Gasteiger partial charge in [-0.05, 0) is 37.6 Å². The molecule has 0 bridgehead atoms. The molecule has 0 saturated heterocycles. The van der Waals surface area contributed by atoms with Crippen molar-refractivity contribution in [3.63, 3.8) is 0 Å². The highest BCUT2D eigenvalue weighted by molar-refractivity contribution is 6.05. The van der Waals surface area contributed by atoms with Crippen molar-refractivity contribution >= 4 is 17.6 Å². The van der Waals surface area contributed by atoms with E-state index in [9.17, 15) is 9.59 Å². The molecule has 6 nitrogen and oxygen atoms in total. The van der Waals surface area contributed by atoms with E-state index in [0.717, 1.165) is 12.8 Å². The van der Waals surface area contributed by atoms with Gasteiger partial charge in [-0.15, -0.1) is 0 Å². The zero-order chi connectivity index (χ0) is 19.1. The lowest BCUT2D eigenvalue weighted by Crippen LogP contribution is -2.16. The number of anilines is 1. The van der Waals surface area contributed by atoms with Crippen molar-refractivity contribution in [1.82, 2.24) is 9.97 Å². The molecule has 0 spiro atoms. The fraction of sp³-hybridized carbons (Fsp3) is 0.400. The van der Waals surface area contributed by atoms with Crippen LogP contribution in [-0.2, 0) is 4.74 Å². The third-order valence-corrected chi connectivity index (χ3v) is 3.87. The minimum absolute atomic E-state index is 0.204. The highest BCUT2D eigenvalue weighted by atomic mass is 16.5. The number of hydrogen-bond acceptors (Lipinski definition) is 5. The molecule has 1 heterocycles. The van der Waals surface area contributed by atoms with Crippen LogP contribution in [0.4, 0.5) is 5.69 Å². The molecule has 0 atom stereocenters. The average molecular weight is 355 g/mol. The molecule has 2 aromatic rings. The topological polar surface area (TPSA) is 81.2 Å². The Bertz CT molecular complexity index is 770. The Morgan fingerprint density at radius 1 is 1.19 bits per heavy atom. The molecule has 138 valence electrons. The molecule has 1 N–H and O–H groups in total. The van der Waals surface area contributed by atoms with Crippen molar-refractivity contribution in [3.05, 3.63) is 53.1 Å². The molecule has 1 aromatic heterocycles. The summed E-state index contributed by atoms with van der Waals surface area (Å²) in [5.41, 5.74) is 2.11. The van der Waals surface area contributed by atoms with Crippen molar-refractivity contribution in [2.45, 2.75) is 46.5 Å². The maximum Gasteiger partial charge on any atom is 0.338 e. The van der Waals surface area contributed by atoms with E-state index in [-0.39, 0.29) is 17.8 Å². The summed E-state index contributed by atoms with van der Waals surface area (Å²) in [5, 5.41) is 2.80. The van der Waals surface area contributed by atoms with E-state index >= 15 is 0 Å². The third kappa shape index (κ3) is 5.12. The van der Waals surface area contributed by atoms with E-state index in [1.807, 2.05) is 20.8 Å². The summed E-state index contributed by atoms with van der Waals surface area (Å²) in [6.07, 6.45) is 3.36. The van der Waals surface area contributed by atoms with Gasteiger partial charge in [0, 0.05) is 17.8 Å². The summed E-state index contributed by atoms with van der Waals surface area (Å²) in [7, 11) is 0. The Hall–Kier alpha value is -2.76. The van der Waals surface area contributed by atoms with Crippen LogP contribution in [0.2, 0.25) is 0 Å². The van der Waals surface area contributed by atoms with E-state index in [0.29, 0.717) is 34.9 Å². The largest absolute Gasteiger partial charge is 0.462 e. The fourth-order valence-electron chi connectivity index (χ4n) is 2.27. The number of rotatable bonds is 7. The minimum Gasteiger partial charge on any atom is -0.462 e. The van der Waals surface area contributed by atoms with Gasteiger partial charge < -0.3 is 10.1 Å². The first-order valence-corrected chi connectivity index (χ1v) is 8.84. The first-order chi connectivity index (χ1) is 12.4. The monoisotopic (exact) mass is 355 g/mol. The number of esters is 1. The summed E-state index contributed by atoms with van der Waals surface area (Å²) in [5.74, 6) is 0.279. The maximum absolute atomic E-state index is 12.4. The van der Waals surface area contributed by atoms with Crippen molar-refractivity contribution in [3.8, 4) is 0 Å². The summed E-state index contributed by atoms with van der Waals surface area (Å²) < 4.78 is 5.16. The van der Waals surface area contributed by atoms with E-state index in [2.05, 4.69) is 15.3 Å². The molecule has 0 fully saturated rings. The first-order valence-electron chi connectivity index (χ1n) is 8.84. The average Bonchev–Trinajstić information content (AvgIpc) is 2.62. The molecule has 0 radical (unpaired) electrons. The lowest BCUT2D eigenvalue weighted by atomic mass is 10.1. The summed E-state index contributed by atoms with van der Waals surface area (Å²) in [4.78, 5) is 32.9. The Morgan fingerprint density at radius 3 is 2.46 bits per heavy atom. The van der Waals surface area contributed by atoms with Gasteiger partial charge in [0.2, 0.25) is 0 Å². The quantitative estimate of drug-likeness (QED) is 0.597. The number of hydrogen-bond donors (Lipinski definition) is 1. The van der Waals surface area contributed by atoms with Crippen LogP contribution in [0.3, 0.4) is 0 Å². The molecule has 6 heteroatoms. The molecular weight excluding hydrogens is 330 g/mol. The second-order valence-electron chi connectivity index (χ2n) is 6.40. The highest BCUT2D eigenvalue weighted by Gasteiger charge is 2.14. The van der Waals surface area contributed by atoms with Crippen molar-refractivity contribution < 1.29 is 14.3 Å². The van der Waals surface area contributed by atoms with Crippen LogP contribution >= 0.6 is 0 Å². The number of nitrogens with one attached hydrogen (secondary N) is 1. The SMILES string of the molecule is CCCCOC(=O)c1ccc(NC(=O)c2cnc(C(C)C)nc2C)cc1. The molecule has 2 rings (SSSR count). The number of aromatic nitrogens is 2. The maximum atomic E-state index is 12.4. The zero-order valence-corrected chi connectivity index (χ0v) is 15.7. The van der Waals surface area contributed by atoms with Crippen molar-refractivity contribution in [2.75, 3.05) is 11.9 Å². The lowest BCUT2D eigenvalue weighted by Gasteiger charge is -2.10. The van der Waals surface area contributed by atoms with E-state index in [4.69, 9.17) is 4.74 Å². The fourth-order valence-corrected chi connectivity index (χ4v) is 2.27. The predicted octanol–water partition coefficient (Wildman–Crippen LogP) is 4.12. The highest BCUT2D eigenvalue weighted by Crippen LogP contribution is 2.15. The van der Waals surface area contributed by atoms with Gasteiger partial charge in [-0.3, -0.25) is 4.79 Å². The van der Waals surface area contributed by atoms with Crippen LogP contribution in [0.5, 0.6) is 0 Å². The van der Waals surface area contributed by atoms with Crippen LogP contribution in [0.1, 0.15) is 71.8 Å². The van der Waals surface area contributed by atoms with Gasteiger partial charge in [0.15, 0.2) is 0 Å². The van der Waals surface area contributed by atoms with E-state index in [1.165, 1.54) is 0 Å². The molecule has 0 saturated carbocycles. The summed E-state index contributed by atoms with van der Waals surface area (Å²) in [6.45, 7) is 8.25. The molecule has 0 aliphatic rings. The van der Waals surface area contributed by atoms with Gasteiger partial charge in [-0.1, -0.05) is 27.2 Å². The predicted molar refractivity (Wildman–Crippen MR) is 100 cm³/mol. The number of ether oxygens (including phenoxy) is 1. The lowest BCUT2D eigenvalue weighted by molar-refractivity contribution is 0.0499. The van der Waals surface area contributed by atoms with Gasteiger partial charge in [0.05, 0.1) is 23.4 Å². The van der Waals surface area contributed by atoms with Gasteiger partial charge in [-0.25, -0.2) is 14.8 Å². The summed E-state index contributed by atoms with van der Waals surface area (Å²) >= 11 is 0. The standard InChI is InChI=1S/C20H25N3O3/c1-5-6-11-26-20(25)15-7-9-16(10-8-15)23-19(24)17-12-21-18(13(2)3)22-14(17)4/h7-10,12-13H,5-6,11H2,1-4H3,(H,23,24). The zero-order valence-electron chi connectivity index (χ0n) is 15.7. The number of aryl methyl sites for hydroxylation is 1. The smallest absolute Gasteiger partial charge is 0.338 e. The third-order valence-electron chi connectivity index (χ3n) is 3.87. The number of amides is 1. The molecule has 0 aliphatic carbocycles. The van der Waals surface area contributed by atoms with Gasteiger partial charge in [0.1, 0.15) is 5.82 Å². The van der Waals surface area contributed by atoms with E-state index in [1.54, 1.807) is 37.4 Å². The van der Waals surface area contributed by atoms with Gasteiger partial charge in [-0.2, -0.15) is 0 Å². The number of nitrogens with zero attached hydrogens (tertiary/aromatic N) is 2. The van der Waals surface area contributed by atoms with Crippen molar-refractivity contribution in [1.29, 1.82) is 0 Å². The number of carbonyl (C=O) groups excluding carboxylic acids is 2. The van der Waals surface area contributed by atoms with Crippen LogP contribution in [0.15, 0.2) is 30.5 Å². The van der Waals surface area contributed by atoms with Crippen LogP contribution in [-0.4, -0.2) is 28.5 Å². The first kappa shape index (κ1) is 19.6. The second kappa shape index (κ2) is 9.08. The van der Waals surface area contributed by atoms with E-state index < -0.39 is 0 Å². The Kier molecular flexibility index (Phi) is 6.83. The molecular formula is C20H25N3O3. The normalized spacial score (nSPS) is 10.7. The Labute approximate surface area is 154 Å². The number of unbranched alkanes of at least 4 members (excludes halogenated alkanes) is 1. The van der Waals surface area contributed by atoms with Gasteiger partial charge in [0.25, 0.3) is 5.91 Å². The molecule has 0 aliphatic heterocycles. The van der Waals surface area contributed by atoms with Crippen molar-refractivity contribution in [2.24, 2.45) is 0 Å². The van der Waals surface area contributed by atoms with Crippen LogP contribution < -0.4 is 5.32 Å². The molecule has 26 heavy (non-hydrogen) atoms. The van der Waals surface area contributed by atoms with Crippen LogP contribution in [0, 0.1) is 6.92 Å². The molecule has 1 aromatic carbocycles. The Balaban J connectivity index is 2.02. The Morgan fingerprint density at radius 2 is 1.88 bits per heavy atom. The van der Waals surface area contributed by atoms with Crippen LogP contribution in [0.25, 0.3) is 0 Å². The number of benzene rings is 1. The second-order valence-corrected chi connectivity index (χ2v) is 6.40. The summed E-state index contributed by atoms with van der Waals surface area (Å²) in [6, 6.07) is 6.62.